The second-order valence-electron chi connectivity index (χ2n) is 4.28. The van der Waals surface area contributed by atoms with Crippen molar-refractivity contribution in [3.8, 4) is 0 Å². The third kappa shape index (κ3) is 0.871. The van der Waals surface area contributed by atoms with E-state index in [4.69, 9.17) is 0 Å². The molecular formula is C10H16O. The third-order valence-corrected chi connectivity index (χ3v) is 3.59. The minimum absolute atomic E-state index is 0.196. The summed E-state index contributed by atoms with van der Waals surface area (Å²) in [6, 6.07) is 0. The van der Waals surface area contributed by atoms with Gasteiger partial charge in [-0.25, -0.2) is 0 Å². The van der Waals surface area contributed by atoms with Gasteiger partial charge in [0.05, 0.1) is 5.60 Å². The molecule has 11 heavy (non-hydrogen) atoms. The van der Waals surface area contributed by atoms with Gasteiger partial charge in [0.15, 0.2) is 0 Å². The van der Waals surface area contributed by atoms with Gasteiger partial charge in [-0.05, 0) is 32.1 Å². The van der Waals surface area contributed by atoms with Crippen LogP contribution in [0.4, 0.5) is 0 Å². The molecule has 0 aromatic rings. The van der Waals surface area contributed by atoms with Crippen LogP contribution in [-0.4, -0.2) is 10.7 Å². The van der Waals surface area contributed by atoms with Crippen LogP contribution in [0.1, 0.15) is 39.0 Å². The zero-order valence-electron chi connectivity index (χ0n) is 7.14. The number of allylic oxidation sites excluding steroid dienone is 1. The highest BCUT2D eigenvalue weighted by Crippen LogP contribution is 2.52. The number of hydrogen-bond acceptors (Lipinski definition) is 1. The van der Waals surface area contributed by atoms with Crippen LogP contribution < -0.4 is 0 Å². The minimum Gasteiger partial charge on any atom is -0.385 e. The summed E-state index contributed by atoms with van der Waals surface area (Å²) in [7, 11) is 0. The zero-order valence-corrected chi connectivity index (χ0v) is 7.14. The Morgan fingerprint density at radius 2 is 2.09 bits per heavy atom. The van der Waals surface area contributed by atoms with Gasteiger partial charge in [0.25, 0.3) is 0 Å². The quantitative estimate of drug-likeness (QED) is 0.528. The normalized spacial score (nSPS) is 49.3. The summed E-state index contributed by atoms with van der Waals surface area (Å²) >= 11 is 0. The van der Waals surface area contributed by atoms with E-state index in [2.05, 4.69) is 13.0 Å². The van der Waals surface area contributed by atoms with Crippen LogP contribution in [0.2, 0.25) is 0 Å². The Hall–Kier alpha value is -0.300. The maximum absolute atomic E-state index is 10.2. The van der Waals surface area contributed by atoms with Gasteiger partial charge in [0, 0.05) is 5.41 Å². The first-order chi connectivity index (χ1) is 5.16. The van der Waals surface area contributed by atoms with E-state index in [-0.39, 0.29) is 5.41 Å². The van der Waals surface area contributed by atoms with Gasteiger partial charge in [0.1, 0.15) is 0 Å². The summed E-state index contributed by atoms with van der Waals surface area (Å²) in [5, 5.41) is 10.2. The van der Waals surface area contributed by atoms with Crippen molar-refractivity contribution in [2.24, 2.45) is 5.41 Å². The molecule has 62 valence electrons. The van der Waals surface area contributed by atoms with Crippen molar-refractivity contribution in [1.82, 2.24) is 0 Å². The predicted molar refractivity (Wildman–Crippen MR) is 45.3 cm³/mol. The summed E-state index contributed by atoms with van der Waals surface area (Å²) in [5.41, 5.74) is -0.257. The summed E-state index contributed by atoms with van der Waals surface area (Å²) in [4.78, 5) is 0. The van der Waals surface area contributed by atoms with E-state index in [1.165, 1.54) is 19.3 Å². The molecule has 1 saturated carbocycles. The van der Waals surface area contributed by atoms with Crippen LogP contribution in [0.25, 0.3) is 0 Å². The molecule has 0 heterocycles. The fourth-order valence-electron chi connectivity index (χ4n) is 2.57. The fourth-order valence-corrected chi connectivity index (χ4v) is 2.57. The lowest BCUT2D eigenvalue weighted by molar-refractivity contribution is -0.0188. The summed E-state index contributed by atoms with van der Waals surface area (Å²) in [6.45, 7) is 2.23. The molecule has 1 fully saturated rings. The minimum atomic E-state index is -0.453. The van der Waals surface area contributed by atoms with Gasteiger partial charge >= 0.3 is 0 Å². The third-order valence-electron chi connectivity index (χ3n) is 3.59. The van der Waals surface area contributed by atoms with Gasteiger partial charge in [-0.1, -0.05) is 19.1 Å². The number of fused-ring (bicyclic) bond motifs is 1. The van der Waals surface area contributed by atoms with E-state index in [1.54, 1.807) is 0 Å². The highest BCUT2D eigenvalue weighted by Gasteiger charge is 2.49. The van der Waals surface area contributed by atoms with Crippen LogP contribution in [0.15, 0.2) is 12.2 Å². The molecule has 2 atom stereocenters. The maximum Gasteiger partial charge on any atom is 0.0881 e. The molecule has 0 bridgehead atoms. The second-order valence-corrected chi connectivity index (χ2v) is 4.28. The highest BCUT2D eigenvalue weighted by atomic mass is 16.3. The molecule has 2 rings (SSSR count). The van der Waals surface area contributed by atoms with E-state index < -0.39 is 5.60 Å². The van der Waals surface area contributed by atoms with E-state index in [1.807, 2.05) is 6.08 Å². The highest BCUT2D eigenvalue weighted by molar-refractivity contribution is 5.16. The van der Waals surface area contributed by atoms with E-state index >= 15 is 0 Å². The predicted octanol–water partition coefficient (Wildman–Crippen LogP) is 2.26. The summed E-state index contributed by atoms with van der Waals surface area (Å²) < 4.78 is 0. The van der Waals surface area contributed by atoms with Crippen LogP contribution >= 0.6 is 0 Å². The topological polar surface area (TPSA) is 20.2 Å². The Bertz CT molecular complexity index is 197. The van der Waals surface area contributed by atoms with Crippen molar-refractivity contribution in [1.29, 1.82) is 0 Å². The van der Waals surface area contributed by atoms with Crippen molar-refractivity contribution in [2.75, 3.05) is 0 Å². The molecule has 0 spiro atoms. The van der Waals surface area contributed by atoms with E-state index in [0.717, 1.165) is 12.8 Å². The average molecular weight is 152 g/mol. The van der Waals surface area contributed by atoms with Gasteiger partial charge in [-0.3, -0.25) is 0 Å². The Labute approximate surface area is 68.1 Å². The monoisotopic (exact) mass is 152 g/mol. The molecule has 0 aliphatic heterocycles. The second kappa shape index (κ2) is 2.10. The van der Waals surface area contributed by atoms with Gasteiger partial charge in [-0.2, -0.15) is 0 Å². The number of rotatable bonds is 0. The molecule has 2 aliphatic rings. The first-order valence-corrected chi connectivity index (χ1v) is 4.56. The molecular weight excluding hydrogens is 136 g/mol. The Kier molecular flexibility index (Phi) is 1.40. The molecule has 1 nitrogen and oxygen atoms in total. The van der Waals surface area contributed by atoms with E-state index in [9.17, 15) is 5.11 Å². The van der Waals surface area contributed by atoms with Crippen LogP contribution in [-0.2, 0) is 0 Å². The molecule has 0 aromatic carbocycles. The Morgan fingerprint density at radius 1 is 1.27 bits per heavy atom. The fraction of sp³-hybridized carbons (Fsp3) is 0.800. The largest absolute Gasteiger partial charge is 0.385 e. The van der Waals surface area contributed by atoms with Crippen LogP contribution in [0.5, 0.6) is 0 Å². The lowest BCUT2D eigenvalue weighted by Gasteiger charge is -2.40. The van der Waals surface area contributed by atoms with Crippen molar-refractivity contribution in [3.63, 3.8) is 0 Å². The zero-order chi connectivity index (χ0) is 7.95. The Morgan fingerprint density at radius 3 is 2.82 bits per heavy atom. The summed E-state index contributed by atoms with van der Waals surface area (Å²) in [5.74, 6) is 0. The molecule has 0 amide bonds. The maximum atomic E-state index is 10.2. The number of aliphatic hydroxyl groups is 1. The standard InChI is InChI=1S/C10H16O/c1-9-5-2-3-7-10(9,11)8-4-6-9/h3,7,11H,2,4-6,8H2,1H3/t9?,10-/m1/s1. The van der Waals surface area contributed by atoms with Gasteiger partial charge in [-0.15, -0.1) is 0 Å². The van der Waals surface area contributed by atoms with Crippen molar-refractivity contribution < 1.29 is 5.11 Å². The van der Waals surface area contributed by atoms with Crippen molar-refractivity contribution >= 4 is 0 Å². The van der Waals surface area contributed by atoms with Crippen LogP contribution in [0, 0.1) is 5.41 Å². The lowest BCUT2D eigenvalue weighted by Crippen LogP contribution is -2.41. The van der Waals surface area contributed by atoms with Crippen molar-refractivity contribution in [2.45, 2.75) is 44.6 Å². The lowest BCUT2D eigenvalue weighted by atomic mass is 9.70. The Balaban J connectivity index is 2.35. The molecule has 1 unspecified atom stereocenters. The smallest absolute Gasteiger partial charge is 0.0881 e. The van der Waals surface area contributed by atoms with Gasteiger partial charge < -0.3 is 5.11 Å². The molecule has 1 N–H and O–H groups in total. The average Bonchev–Trinajstić information content (AvgIpc) is 2.25. The van der Waals surface area contributed by atoms with Gasteiger partial charge in [0.2, 0.25) is 0 Å². The molecule has 0 radical (unpaired) electrons. The van der Waals surface area contributed by atoms with Crippen molar-refractivity contribution in [3.05, 3.63) is 12.2 Å². The number of hydrogen-bond donors (Lipinski definition) is 1. The molecule has 0 saturated heterocycles. The molecule has 1 heteroatoms. The van der Waals surface area contributed by atoms with E-state index in [0.29, 0.717) is 0 Å². The SMILES string of the molecule is CC12CCC=C[C@@]1(O)CCC2. The van der Waals surface area contributed by atoms with Crippen LogP contribution in [0.3, 0.4) is 0 Å². The molecule has 2 aliphatic carbocycles. The summed E-state index contributed by atoms with van der Waals surface area (Å²) in [6.07, 6.45) is 9.85. The molecule has 0 aromatic heterocycles. The first-order valence-electron chi connectivity index (χ1n) is 4.56. The first kappa shape index (κ1) is 7.35.